The van der Waals surface area contributed by atoms with Crippen molar-refractivity contribution < 1.29 is 4.79 Å². The molecule has 1 heterocycles. The van der Waals surface area contributed by atoms with Gasteiger partial charge in [0.2, 0.25) is 5.91 Å². The van der Waals surface area contributed by atoms with Crippen LogP contribution in [0, 0.1) is 0 Å². The van der Waals surface area contributed by atoms with E-state index in [1.165, 1.54) is 11.2 Å². The number of nitrogens with one attached hydrogen (secondary N) is 1. The number of anilines is 2. The van der Waals surface area contributed by atoms with Crippen LogP contribution in [0.1, 0.15) is 32.3 Å². The second-order valence-electron chi connectivity index (χ2n) is 4.77. The highest BCUT2D eigenvalue weighted by atomic mass is 16.2. The van der Waals surface area contributed by atoms with Crippen LogP contribution in [0.4, 0.5) is 11.6 Å². The molecule has 0 fully saturated rings. The van der Waals surface area contributed by atoms with Crippen LogP contribution in [0.3, 0.4) is 0 Å². The molecule has 0 aromatic carbocycles. The van der Waals surface area contributed by atoms with Crippen LogP contribution in [0.2, 0.25) is 0 Å². The summed E-state index contributed by atoms with van der Waals surface area (Å²) < 4.78 is 0. The third kappa shape index (κ3) is 3.09. The van der Waals surface area contributed by atoms with E-state index in [1.807, 2.05) is 13.8 Å². The number of nitrogen functional groups attached to an aromatic ring is 1. The number of carbonyl (C=O) groups excluding carboxylic acids is 1. The van der Waals surface area contributed by atoms with Crippen molar-refractivity contribution in [3.05, 3.63) is 11.9 Å². The lowest BCUT2D eigenvalue weighted by atomic mass is 10.0. The van der Waals surface area contributed by atoms with E-state index >= 15 is 0 Å². The largest absolute Gasteiger partial charge is 0.383 e. The summed E-state index contributed by atoms with van der Waals surface area (Å²) in [6.45, 7) is 5.82. The van der Waals surface area contributed by atoms with Gasteiger partial charge in [-0.3, -0.25) is 4.79 Å². The van der Waals surface area contributed by atoms with E-state index in [-0.39, 0.29) is 17.9 Å². The molecule has 0 spiro atoms. The number of carbonyl (C=O) groups is 1. The highest BCUT2D eigenvalue weighted by molar-refractivity contribution is 5.84. The fourth-order valence-corrected chi connectivity index (χ4v) is 1.75. The molecule has 0 radical (unpaired) electrons. The number of rotatable bonds is 4. The molecule has 1 aromatic rings. The average Bonchev–Trinajstić information content (AvgIpc) is 2.27. The zero-order valence-electron chi connectivity index (χ0n) is 11.6. The average molecular weight is 251 g/mol. The Labute approximate surface area is 108 Å². The van der Waals surface area contributed by atoms with Crippen molar-refractivity contribution >= 4 is 17.5 Å². The summed E-state index contributed by atoms with van der Waals surface area (Å²) >= 11 is 0. The predicted molar refractivity (Wildman–Crippen MR) is 72.3 cm³/mol. The summed E-state index contributed by atoms with van der Waals surface area (Å²) in [5.41, 5.74) is 6.69. The molecule has 0 saturated heterocycles. The van der Waals surface area contributed by atoms with Gasteiger partial charge in [0, 0.05) is 19.7 Å². The second kappa shape index (κ2) is 5.66. The maximum absolute atomic E-state index is 11.8. The van der Waals surface area contributed by atoms with E-state index in [2.05, 4.69) is 15.3 Å². The van der Waals surface area contributed by atoms with Crippen LogP contribution in [0.15, 0.2) is 6.33 Å². The Morgan fingerprint density at radius 2 is 1.94 bits per heavy atom. The first-order chi connectivity index (χ1) is 8.34. The van der Waals surface area contributed by atoms with E-state index < -0.39 is 0 Å². The number of nitrogens with two attached hydrogens (primary N) is 1. The SMILES string of the molecule is CC(Nc1ncnc(N)c1C(C)C)C(=O)N(C)C. The number of nitrogens with zero attached hydrogens (tertiary/aromatic N) is 3. The molecule has 6 nitrogen and oxygen atoms in total. The quantitative estimate of drug-likeness (QED) is 0.836. The van der Waals surface area contributed by atoms with Crippen LogP contribution in [0.25, 0.3) is 0 Å². The van der Waals surface area contributed by atoms with Crippen molar-refractivity contribution in [2.24, 2.45) is 0 Å². The van der Waals surface area contributed by atoms with Crippen LogP contribution < -0.4 is 11.1 Å². The number of aromatic nitrogens is 2. The van der Waals surface area contributed by atoms with Crippen LogP contribution in [0.5, 0.6) is 0 Å². The molecule has 6 heteroatoms. The Kier molecular flexibility index (Phi) is 4.47. The molecule has 0 bridgehead atoms. The molecule has 100 valence electrons. The molecule has 1 atom stereocenters. The molecule has 1 unspecified atom stereocenters. The molecular weight excluding hydrogens is 230 g/mol. The molecular formula is C12H21N5O. The zero-order chi connectivity index (χ0) is 13.9. The lowest BCUT2D eigenvalue weighted by Gasteiger charge is -2.21. The fraction of sp³-hybridized carbons (Fsp3) is 0.583. The summed E-state index contributed by atoms with van der Waals surface area (Å²) in [6, 6.07) is -0.355. The van der Waals surface area contributed by atoms with Crippen molar-refractivity contribution in [3.8, 4) is 0 Å². The molecule has 1 aromatic heterocycles. The van der Waals surface area contributed by atoms with Crippen LogP contribution in [-0.4, -0.2) is 40.9 Å². The van der Waals surface area contributed by atoms with Crippen LogP contribution in [-0.2, 0) is 4.79 Å². The Morgan fingerprint density at radius 3 is 2.44 bits per heavy atom. The van der Waals surface area contributed by atoms with Gasteiger partial charge in [-0.2, -0.15) is 0 Å². The minimum atomic E-state index is -0.355. The molecule has 0 aliphatic carbocycles. The van der Waals surface area contributed by atoms with Gasteiger partial charge in [0.15, 0.2) is 0 Å². The summed E-state index contributed by atoms with van der Waals surface area (Å²) in [5.74, 6) is 1.25. The minimum Gasteiger partial charge on any atom is -0.383 e. The Hall–Kier alpha value is -1.85. The van der Waals surface area contributed by atoms with Gasteiger partial charge in [-0.1, -0.05) is 13.8 Å². The molecule has 0 saturated carbocycles. The minimum absolute atomic E-state index is 0.0121. The summed E-state index contributed by atoms with van der Waals surface area (Å²) in [5, 5.41) is 3.09. The summed E-state index contributed by atoms with van der Waals surface area (Å²) in [6.07, 6.45) is 1.40. The van der Waals surface area contributed by atoms with Crippen molar-refractivity contribution in [1.82, 2.24) is 14.9 Å². The Balaban J connectivity index is 2.98. The van der Waals surface area contributed by atoms with Gasteiger partial charge < -0.3 is 16.0 Å². The predicted octanol–water partition coefficient (Wildman–Crippen LogP) is 1.07. The lowest BCUT2D eigenvalue weighted by molar-refractivity contribution is -0.129. The first kappa shape index (κ1) is 14.2. The smallest absolute Gasteiger partial charge is 0.244 e. The zero-order valence-corrected chi connectivity index (χ0v) is 11.6. The molecule has 1 amide bonds. The van der Waals surface area contributed by atoms with E-state index in [1.54, 1.807) is 21.0 Å². The first-order valence-corrected chi connectivity index (χ1v) is 5.92. The molecule has 1 rings (SSSR count). The van der Waals surface area contributed by atoms with Gasteiger partial charge in [0.05, 0.1) is 0 Å². The second-order valence-corrected chi connectivity index (χ2v) is 4.77. The third-order valence-electron chi connectivity index (χ3n) is 2.66. The van der Waals surface area contributed by atoms with Crippen molar-refractivity contribution in [3.63, 3.8) is 0 Å². The number of amides is 1. The number of likely N-dealkylation sites (N-methyl/N-ethyl adjacent to an activating group) is 1. The molecule has 3 N–H and O–H groups in total. The van der Waals surface area contributed by atoms with Gasteiger partial charge in [-0.15, -0.1) is 0 Å². The third-order valence-corrected chi connectivity index (χ3v) is 2.66. The summed E-state index contributed by atoms with van der Waals surface area (Å²) in [7, 11) is 3.44. The van der Waals surface area contributed by atoms with E-state index in [9.17, 15) is 4.79 Å². The lowest BCUT2D eigenvalue weighted by Crippen LogP contribution is -2.37. The van der Waals surface area contributed by atoms with Gasteiger partial charge in [0.25, 0.3) is 0 Å². The van der Waals surface area contributed by atoms with Crippen molar-refractivity contribution in [2.75, 3.05) is 25.1 Å². The van der Waals surface area contributed by atoms with Gasteiger partial charge in [-0.25, -0.2) is 9.97 Å². The van der Waals surface area contributed by atoms with Gasteiger partial charge >= 0.3 is 0 Å². The maximum atomic E-state index is 11.8. The highest BCUT2D eigenvalue weighted by Crippen LogP contribution is 2.26. The molecule has 18 heavy (non-hydrogen) atoms. The topological polar surface area (TPSA) is 84.1 Å². The van der Waals surface area contributed by atoms with E-state index in [0.29, 0.717) is 11.6 Å². The standard InChI is InChI=1S/C12H21N5O/c1-7(2)9-10(13)14-6-15-11(9)16-8(3)12(18)17(4)5/h6-8H,1-5H3,(H3,13,14,15,16). The van der Waals surface area contributed by atoms with Crippen molar-refractivity contribution in [2.45, 2.75) is 32.7 Å². The highest BCUT2D eigenvalue weighted by Gasteiger charge is 2.19. The fourth-order valence-electron chi connectivity index (χ4n) is 1.75. The molecule has 0 aliphatic heterocycles. The normalized spacial score (nSPS) is 12.3. The van der Waals surface area contributed by atoms with Crippen LogP contribution >= 0.6 is 0 Å². The van der Waals surface area contributed by atoms with Gasteiger partial charge in [-0.05, 0) is 12.8 Å². The van der Waals surface area contributed by atoms with Gasteiger partial charge in [0.1, 0.15) is 24.0 Å². The number of hydrogen-bond acceptors (Lipinski definition) is 5. The number of hydrogen-bond donors (Lipinski definition) is 2. The summed E-state index contributed by atoms with van der Waals surface area (Å²) in [4.78, 5) is 21.5. The Morgan fingerprint density at radius 1 is 1.33 bits per heavy atom. The monoisotopic (exact) mass is 251 g/mol. The first-order valence-electron chi connectivity index (χ1n) is 5.92. The van der Waals surface area contributed by atoms with Crippen molar-refractivity contribution in [1.29, 1.82) is 0 Å². The maximum Gasteiger partial charge on any atom is 0.244 e. The van der Waals surface area contributed by atoms with E-state index in [0.717, 1.165) is 5.56 Å². The Bertz CT molecular complexity index is 430. The van der Waals surface area contributed by atoms with E-state index in [4.69, 9.17) is 5.73 Å². The molecule has 0 aliphatic rings.